The van der Waals surface area contributed by atoms with E-state index in [1.807, 2.05) is 42.0 Å². The number of carbonyl (C=O) groups excluding carboxylic acids is 1. The molecule has 0 aliphatic carbocycles. The molecule has 0 bridgehead atoms. The molecular formula is C17H17N3O3S2. The number of nitrogens with zero attached hydrogens (tertiary/aromatic N) is 2. The largest absolute Gasteiger partial charge is 0.497 e. The van der Waals surface area contributed by atoms with Crippen LogP contribution in [0.4, 0.5) is 0 Å². The second kappa shape index (κ2) is 7.71. The van der Waals surface area contributed by atoms with E-state index in [-0.39, 0.29) is 18.0 Å². The highest BCUT2D eigenvalue weighted by atomic mass is 32.2. The van der Waals surface area contributed by atoms with Gasteiger partial charge in [0.15, 0.2) is 5.16 Å². The number of aromatic nitrogens is 2. The lowest BCUT2D eigenvalue weighted by Gasteiger charge is -2.11. The molecule has 0 aliphatic heterocycles. The Morgan fingerprint density at radius 3 is 2.76 bits per heavy atom. The number of hydrogen-bond acceptors (Lipinski definition) is 6. The average Bonchev–Trinajstić information content (AvgIpc) is 3.11. The van der Waals surface area contributed by atoms with Crippen LogP contribution in [0.15, 0.2) is 45.7 Å². The zero-order valence-electron chi connectivity index (χ0n) is 13.8. The third-order valence-corrected chi connectivity index (χ3v) is 5.23. The fourth-order valence-electron chi connectivity index (χ4n) is 2.36. The number of carbonyl (C=O) groups is 1. The number of amides is 1. The predicted octanol–water partition coefficient (Wildman–Crippen LogP) is 2.50. The first-order valence-corrected chi connectivity index (χ1v) is 9.64. The number of thiophene rings is 1. The van der Waals surface area contributed by atoms with E-state index in [1.54, 1.807) is 7.11 Å². The lowest BCUT2D eigenvalue weighted by Crippen LogP contribution is -2.33. The summed E-state index contributed by atoms with van der Waals surface area (Å²) in [7, 11) is 1.61. The van der Waals surface area contributed by atoms with Gasteiger partial charge < -0.3 is 10.1 Å². The van der Waals surface area contributed by atoms with Crippen molar-refractivity contribution in [2.45, 2.75) is 18.2 Å². The van der Waals surface area contributed by atoms with Gasteiger partial charge in [-0.1, -0.05) is 23.9 Å². The van der Waals surface area contributed by atoms with Crippen LogP contribution >= 0.6 is 23.1 Å². The first-order valence-electron chi connectivity index (χ1n) is 7.54. The standard InChI is InChI=1S/C17H17N3O3S2/c1-23-12-5-3-11(4-6-12)9-18-14(21)10-20-16(22)15-13(7-8-25-15)19-17(20)24-2/h3-8H,9-10H2,1-2H3,(H,18,21). The van der Waals surface area contributed by atoms with Gasteiger partial charge in [-0.05, 0) is 35.4 Å². The first kappa shape index (κ1) is 17.5. The van der Waals surface area contributed by atoms with Crippen LogP contribution in [0.5, 0.6) is 5.75 Å². The van der Waals surface area contributed by atoms with Gasteiger partial charge in [-0.25, -0.2) is 4.98 Å². The molecule has 25 heavy (non-hydrogen) atoms. The van der Waals surface area contributed by atoms with E-state index in [1.165, 1.54) is 27.7 Å². The number of methoxy groups -OCH3 is 1. The van der Waals surface area contributed by atoms with Gasteiger partial charge in [-0.2, -0.15) is 0 Å². The maximum atomic E-state index is 12.6. The maximum absolute atomic E-state index is 12.6. The van der Waals surface area contributed by atoms with Crippen molar-refractivity contribution < 1.29 is 9.53 Å². The highest BCUT2D eigenvalue weighted by molar-refractivity contribution is 7.98. The van der Waals surface area contributed by atoms with Gasteiger partial charge in [-0.15, -0.1) is 11.3 Å². The molecule has 1 N–H and O–H groups in total. The summed E-state index contributed by atoms with van der Waals surface area (Å²) < 4.78 is 7.10. The van der Waals surface area contributed by atoms with Gasteiger partial charge in [0.25, 0.3) is 5.56 Å². The summed E-state index contributed by atoms with van der Waals surface area (Å²) in [5, 5.41) is 5.20. The van der Waals surface area contributed by atoms with Crippen LogP contribution in [0.1, 0.15) is 5.56 Å². The molecule has 3 aromatic rings. The molecule has 0 spiro atoms. The van der Waals surface area contributed by atoms with Gasteiger partial charge in [0.05, 0.1) is 12.6 Å². The van der Waals surface area contributed by atoms with Crippen molar-refractivity contribution in [2.24, 2.45) is 0 Å². The highest BCUT2D eigenvalue weighted by Crippen LogP contribution is 2.19. The Morgan fingerprint density at radius 1 is 1.32 bits per heavy atom. The van der Waals surface area contributed by atoms with Crippen LogP contribution < -0.4 is 15.6 Å². The Kier molecular flexibility index (Phi) is 5.40. The molecule has 2 heterocycles. The van der Waals surface area contributed by atoms with Crippen molar-refractivity contribution in [3.63, 3.8) is 0 Å². The second-order valence-corrected chi connectivity index (χ2v) is 6.94. The fourth-order valence-corrected chi connectivity index (χ4v) is 3.70. The number of thioether (sulfide) groups is 1. The van der Waals surface area contributed by atoms with Gasteiger partial charge in [0.2, 0.25) is 5.91 Å². The SMILES string of the molecule is COc1ccc(CNC(=O)Cn2c(SC)nc3ccsc3c2=O)cc1. The summed E-state index contributed by atoms with van der Waals surface area (Å²) in [4.78, 5) is 29.3. The van der Waals surface area contributed by atoms with Crippen LogP contribution in [0, 0.1) is 0 Å². The molecule has 0 fully saturated rings. The first-order chi connectivity index (χ1) is 12.1. The summed E-state index contributed by atoms with van der Waals surface area (Å²) in [6, 6.07) is 9.27. The molecule has 0 saturated heterocycles. The topological polar surface area (TPSA) is 73.2 Å². The normalized spacial score (nSPS) is 10.8. The molecule has 130 valence electrons. The molecule has 2 aromatic heterocycles. The Labute approximate surface area is 152 Å². The third kappa shape index (κ3) is 3.85. The van der Waals surface area contributed by atoms with Gasteiger partial charge in [0.1, 0.15) is 17.0 Å². The average molecular weight is 375 g/mol. The second-order valence-electron chi connectivity index (χ2n) is 5.25. The summed E-state index contributed by atoms with van der Waals surface area (Å²) in [5.41, 5.74) is 1.46. The number of fused-ring (bicyclic) bond motifs is 1. The molecule has 1 amide bonds. The minimum absolute atomic E-state index is 0.0496. The van der Waals surface area contributed by atoms with E-state index in [9.17, 15) is 9.59 Å². The van der Waals surface area contributed by atoms with Crippen LogP contribution in [0.3, 0.4) is 0 Å². The van der Waals surface area contributed by atoms with Crippen molar-refractivity contribution in [3.05, 3.63) is 51.6 Å². The van der Waals surface area contributed by atoms with Gasteiger partial charge in [-0.3, -0.25) is 14.2 Å². The monoisotopic (exact) mass is 375 g/mol. The molecule has 0 aliphatic rings. The number of hydrogen-bond donors (Lipinski definition) is 1. The maximum Gasteiger partial charge on any atom is 0.272 e. The predicted molar refractivity (Wildman–Crippen MR) is 101 cm³/mol. The van der Waals surface area contributed by atoms with Crippen molar-refractivity contribution >= 4 is 39.2 Å². The van der Waals surface area contributed by atoms with E-state index >= 15 is 0 Å². The van der Waals surface area contributed by atoms with Crippen LogP contribution in [0.25, 0.3) is 10.2 Å². The zero-order chi connectivity index (χ0) is 17.8. The van der Waals surface area contributed by atoms with E-state index in [2.05, 4.69) is 10.3 Å². The number of ether oxygens (including phenoxy) is 1. The summed E-state index contributed by atoms with van der Waals surface area (Å²) in [6.45, 7) is 0.340. The number of nitrogens with one attached hydrogen (secondary N) is 1. The Bertz CT molecular complexity index is 948. The molecule has 0 saturated carbocycles. The fraction of sp³-hybridized carbons (Fsp3) is 0.235. The van der Waals surface area contributed by atoms with Gasteiger partial charge >= 0.3 is 0 Å². The molecular weight excluding hydrogens is 358 g/mol. The zero-order valence-corrected chi connectivity index (χ0v) is 15.4. The van der Waals surface area contributed by atoms with Crippen molar-refractivity contribution in [2.75, 3.05) is 13.4 Å². The molecule has 3 rings (SSSR count). The molecule has 1 aromatic carbocycles. The third-order valence-electron chi connectivity index (χ3n) is 3.66. The minimum atomic E-state index is -0.231. The quantitative estimate of drug-likeness (QED) is 0.529. The van der Waals surface area contributed by atoms with Crippen LogP contribution in [0.2, 0.25) is 0 Å². The van der Waals surface area contributed by atoms with E-state index in [0.29, 0.717) is 21.9 Å². The van der Waals surface area contributed by atoms with E-state index in [4.69, 9.17) is 4.74 Å². The molecule has 0 radical (unpaired) electrons. The summed E-state index contributed by atoms with van der Waals surface area (Å²) in [6.07, 6.45) is 1.84. The van der Waals surface area contributed by atoms with Crippen molar-refractivity contribution in [3.8, 4) is 5.75 Å². The van der Waals surface area contributed by atoms with Crippen molar-refractivity contribution in [1.29, 1.82) is 0 Å². The number of rotatable bonds is 6. The summed E-state index contributed by atoms with van der Waals surface area (Å²) >= 11 is 2.69. The molecule has 8 heteroatoms. The smallest absolute Gasteiger partial charge is 0.272 e. The van der Waals surface area contributed by atoms with E-state index in [0.717, 1.165) is 11.3 Å². The molecule has 0 unspecified atom stereocenters. The minimum Gasteiger partial charge on any atom is -0.497 e. The van der Waals surface area contributed by atoms with Crippen LogP contribution in [-0.4, -0.2) is 28.8 Å². The van der Waals surface area contributed by atoms with Crippen LogP contribution in [-0.2, 0) is 17.9 Å². The lowest BCUT2D eigenvalue weighted by molar-refractivity contribution is -0.122. The highest BCUT2D eigenvalue weighted by Gasteiger charge is 2.14. The van der Waals surface area contributed by atoms with Crippen molar-refractivity contribution in [1.82, 2.24) is 14.9 Å². The van der Waals surface area contributed by atoms with Gasteiger partial charge in [0, 0.05) is 6.54 Å². The Hall–Kier alpha value is -2.32. The van der Waals surface area contributed by atoms with E-state index < -0.39 is 0 Å². The molecule has 0 atom stereocenters. The lowest BCUT2D eigenvalue weighted by atomic mass is 10.2. The summed E-state index contributed by atoms with van der Waals surface area (Å²) in [5.74, 6) is 0.535. The molecule has 6 nitrogen and oxygen atoms in total. The Balaban J connectivity index is 1.72. The number of benzene rings is 1. The Morgan fingerprint density at radius 2 is 2.08 bits per heavy atom.